The second-order valence-electron chi connectivity index (χ2n) is 6.23. The molecule has 3 N–H and O–H groups in total. The minimum absolute atomic E-state index is 0.114. The standard InChI is InChI=1S/C15H21ClN4O2S/c16-13-3-1-12(2-4-13)5-10-23(21,22)20-8-6-15(7-9-20)11-18-14(17)19-15/h1-4H,5-11H2,(H3,17,18,19). The van der Waals surface area contributed by atoms with Gasteiger partial charge in [0.05, 0.1) is 11.3 Å². The van der Waals surface area contributed by atoms with E-state index in [4.69, 9.17) is 17.0 Å². The molecule has 3 rings (SSSR count). The lowest BCUT2D eigenvalue weighted by molar-refractivity contribution is 0.231. The van der Waals surface area contributed by atoms with Gasteiger partial charge in [-0.25, -0.2) is 12.7 Å². The Bertz CT molecular complexity index is 682. The van der Waals surface area contributed by atoms with Crippen molar-refractivity contribution in [2.45, 2.75) is 24.8 Å². The minimum Gasteiger partial charge on any atom is -0.354 e. The van der Waals surface area contributed by atoms with Crippen molar-refractivity contribution in [3.63, 3.8) is 0 Å². The summed E-state index contributed by atoms with van der Waals surface area (Å²) in [5, 5.41) is 14.4. The molecule has 0 aliphatic carbocycles. The van der Waals surface area contributed by atoms with Gasteiger partial charge in [-0.15, -0.1) is 0 Å². The van der Waals surface area contributed by atoms with Gasteiger partial charge in [-0.1, -0.05) is 23.7 Å². The number of rotatable bonds is 4. The number of hydrogen-bond donors (Lipinski definition) is 3. The number of nitrogens with one attached hydrogen (secondary N) is 3. The van der Waals surface area contributed by atoms with Crippen LogP contribution in [0.1, 0.15) is 18.4 Å². The maximum absolute atomic E-state index is 12.5. The van der Waals surface area contributed by atoms with Gasteiger partial charge in [0.1, 0.15) is 0 Å². The first-order valence-electron chi connectivity index (χ1n) is 7.72. The molecule has 23 heavy (non-hydrogen) atoms. The average Bonchev–Trinajstić information content (AvgIpc) is 2.88. The first kappa shape index (κ1) is 16.5. The van der Waals surface area contributed by atoms with Crippen LogP contribution < -0.4 is 10.6 Å². The van der Waals surface area contributed by atoms with Crippen LogP contribution in [0.15, 0.2) is 24.3 Å². The number of halogens is 1. The number of hydrogen-bond acceptors (Lipinski definition) is 3. The van der Waals surface area contributed by atoms with Crippen molar-refractivity contribution in [2.75, 3.05) is 25.4 Å². The predicted molar refractivity (Wildman–Crippen MR) is 91.3 cm³/mol. The fourth-order valence-electron chi connectivity index (χ4n) is 3.13. The molecule has 0 unspecified atom stereocenters. The summed E-state index contributed by atoms with van der Waals surface area (Å²) in [7, 11) is -3.25. The molecule has 0 aromatic heterocycles. The van der Waals surface area contributed by atoms with Crippen LogP contribution in [0.25, 0.3) is 0 Å². The van der Waals surface area contributed by atoms with E-state index in [1.807, 2.05) is 12.1 Å². The smallest absolute Gasteiger partial charge is 0.214 e. The van der Waals surface area contributed by atoms with Crippen molar-refractivity contribution in [1.29, 1.82) is 5.41 Å². The minimum atomic E-state index is -3.25. The van der Waals surface area contributed by atoms with E-state index >= 15 is 0 Å². The molecule has 0 saturated carbocycles. The molecule has 6 nitrogen and oxygen atoms in total. The maximum Gasteiger partial charge on any atom is 0.214 e. The third-order valence-corrected chi connectivity index (χ3v) is 6.75. The molecule has 0 atom stereocenters. The van der Waals surface area contributed by atoms with Crippen LogP contribution in [0.3, 0.4) is 0 Å². The molecule has 2 aliphatic heterocycles. The predicted octanol–water partition coefficient (Wildman–Crippen LogP) is 1.17. The molecule has 1 aromatic carbocycles. The molecule has 1 spiro atoms. The second-order valence-corrected chi connectivity index (χ2v) is 8.75. The van der Waals surface area contributed by atoms with Crippen LogP contribution in [0, 0.1) is 5.41 Å². The van der Waals surface area contributed by atoms with Gasteiger partial charge in [0.15, 0.2) is 5.96 Å². The molecule has 2 heterocycles. The number of nitrogens with zero attached hydrogens (tertiary/aromatic N) is 1. The van der Waals surface area contributed by atoms with E-state index in [1.54, 1.807) is 16.4 Å². The monoisotopic (exact) mass is 356 g/mol. The molecular formula is C15H21ClN4O2S. The number of sulfonamides is 1. The van der Waals surface area contributed by atoms with E-state index in [0.29, 0.717) is 37.0 Å². The fourth-order valence-corrected chi connectivity index (χ4v) is 4.75. The Morgan fingerprint density at radius 1 is 1.22 bits per heavy atom. The van der Waals surface area contributed by atoms with Crippen molar-refractivity contribution in [2.24, 2.45) is 0 Å². The average molecular weight is 357 g/mol. The van der Waals surface area contributed by atoms with Crippen LogP contribution >= 0.6 is 11.6 Å². The summed E-state index contributed by atoms with van der Waals surface area (Å²) >= 11 is 5.84. The van der Waals surface area contributed by atoms with Crippen LogP contribution in [-0.4, -0.2) is 49.6 Å². The maximum atomic E-state index is 12.5. The van der Waals surface area contributed by atoms with Crippen LogP contribution in [0.4, 0.5) is 0 Å². The Balaban J connectivity index is 1.56. The largest absolute Gasteiger partial charge is 0.354 e. The fraction of sp³-hybridized carbons (Fsp3) is 0.533. The van der Waals surface area contributed by atoms with Gasteiger partial charge in [-0.05, 0) is 37.0 Å². The summed E-state index contributed by atoms with van der Waals surface area (Å²) in [5.41, 5.74) is 0.820. The van der Waals surface area contributed by atoms with Gasteiger partial charge in [-0.3, -0.25) is 5.41 Å². The molecule has 2 fully saturated rings. The molecule has 0 bridgehead atoms. The summed E-state index contributed by atoms with van der Waals surface area (Å²) in [4.78, 5) is 0. The van der Waals surface area contributed by atoms with Gasteiger partial charge in [0.2, 0.25) is 10.0 Å². The highest BCUT2D eigenvalue weighted by Crippen LogP contribution is 2.26. The van der Waals surface area contributed by atoms with E-state index in [-0.39, 0.29) is 11.3 Å². The van der Waals surface area contributed by atoms with E-state index in [0.717, 1.165) is 18.4 Å². The van der Waals surface area contributed by atoms with Crippen LogP contribution in [0.2, 0.25) is 5.02 Å². The summed E-state index contributed by atoms with van der Waals surface area (Å²) in [5.74, 6) is 0.451. The summed E-state index contributed by atoms with van der Waals surface area (Å²) in [6, 6.07) is 7.29. The molecule has 126 valence electrons. The number of aryl methyl sites for hydroxylation is 1. The topological polar surface area (TPSA) is 85.3 Å². The Morgan fingerprint density at radius 2 is 1.87 bits per heavy atom. The van der Waals surface area contributed by atoms with Crippen molar-refractivity contribution in [1.82, 2.24) is 14.9 Å². The normalized spacial score (nSPS) is 21.2. The third-order valence-electron chi connectivity index (χ3n) is 4.63. The zero-order valence-corrected chi connectivity index (χ0v) is 14.4. The summed E-state index contributed by atoms with van der Waals surface area (Å²) < 4.78 is 26.6. The van der Waals surface area contributed by atoms with Crippen molar-refractivity contribution >= 4 is 27.6 Å². The summed E-state index contributed by atoms with van der Waals surface area (Å²) in [6.07, 6.45) is 1.94. The molecule has 0 amide bonds. The zero-order chi connectivity index (χ0) is 16.5. The summed E-state index contributed by atoms with van der Waals surface area (Å²) in [6.45, 7) is 1.71. The third kappa shape index (κ3) is 3.79. The van der Waals surface area contributed by atoms with Gasteiger partial charge in [0, 0.05) is 24.7 Å². The number of benzene rings is 1. The molecule has 2 aliphatic rings. The van der Waals surface area contributed by atoms with E-state index < -0.39 is 10.0 Å². The molecular weight excluding hydrogens is 336 g/mol. The van der Waals surface area contributed by atoms with Crippen molar-refractivity contribution in [3.8, 4) is 0 Å². The Morgan fingerprint density at radius 3 is 2.43 bits per heavy atom. The van der Waals surface area contributed by atoms with Crippen LogP contribution in [-0.2, 0) is 16.4 Å². The lowest BCUT2D eigenvalue weighted by atomic mass is 9.90. The zero-order valence-electron chi connectivity index (χ0n) is 12.8. The van der Waals surface area contributed by atoms with Gasteiger partial charge in [-0.2, -0.15) is 0 Å². The molecule has 8 heteroatoms. The molecule has 1 aromatic rings. The lowest BCUT2D eigenvalue weighted by Gasteiger charge is -2.37. The molecule has 0 radical (unpaired) electrons. The Hall–Kier alpha value is -1.31. The lowest BCUT2D eigenvalue weighted by Crippen LogP contribution is -2.54. The van der Waals surface area contributed by atoms with Gasteiger partial charge in [0.25, 0.3) is 0 Å². The number of piperidine rings is 1. The highest BCUT2D eigenvalue weighted by Gasteiger charge is 2.41. The quantitative estimate of drug-likeness (QED) is 0.756. The second kappa shape index (κ2) is 6.30. The van der Waals surface area contributed by atoms with Gasteiger partial charge >= 0.3 is 0 Å². The highest BCUT2D eigenvalue weighted by atomic mass is 35.5. The van der Waals surface area contributed by atoms with E-state index in [9.17, 15) is 8.42 Å². The molecule has 2 saturated heterocycles. The van der Waals surface area contributed by atoms with Crippen molar-refractivity contribution < 1.29 is 8.42 Å². The Kier molecular flexibility index (Phi) is 4.53. The van der Waals surface area contributed by atoms with E-state index in [1.165, 1.54) is 0 Å². The first-order chi connectivity index (χ1) is 10.9. The van der Waals surface area contributed by atoms with E-state index in [2.05, 4.69) is 10.6 Å². The van der Waals surface area contributed by atoms with Crippen LogP contribution in [0.5, 0.6) is 0 Å². The first-order valence-corrected chi connectivity index (χ1v) is 9.70. The SMILES string of the molecule is N=C1NCC2(CCN(S(=O)(=O)CCc3ccc(Cl)cc3)CC2)N1. The Labute approximate surface area is 141 Å². The van der Waals surface area contributed by atoms with Gasteiger partial charge < -0.3 is 10.6 Å². The highest BCUT2D eigenvalue weighted by molar-refractivity contribution is 7.89. The van der Waals surface area contributed by atoms with Crippen molar-refractivity contribution in [3.05, 3.63) is 34.9 Å². The number of guanidine groups is 1.